The van der Waals surface area contributed by atoms with Gasteiger partial charge in [0, 0.05) is 44.2 Å². The number of rotatable bonds is 8. The predicted molar refractivity (Wildman–Crippen MR) is 133 cm³/mol. The summed E-state index contributed by atoms with van der Waals surface area (Å²) in [5.41, 5.74) is -0.00797. The monoisotopic (exact) mass is 536 g/mol. The fourth-order valence-corrected chi connectivity index (χ4v) is 6.32. The number of hydrogen-bond acceptors (Lipinski definition) is 9. The van der Waals surface area contributed by atoms with E-state index in [1.807, 2.05) is 13.8 Å². The average molecular weight is 537 g/mol. The smallest absolute Gasteiger partial charge is 0.414 e. The number of pyridine rings is 1. The normalized spacial score (nSPS) is 17.7. The van der Waals surface area contributed by atoms with Gasteiger partial charge in [0.25, 0.3) is 15.9 Å². The number of amides is 2. The number of aromatic nitrogens is 1. The number of nitrogens with zero attached hydrogens (tertiary/aromatic N) is 3. The van der Waals surface area contributed by atoms with Crippen molar-refractivity contribution in [3.63, 3.8) is 0 Å². The number of carbonyl (C=O) groups excluding carboxylic acids is 2. The van der Waals surface area contributed by atoms with Gasteiger partial charge >= 0.3 is 12.1 Å². The average Bonchev–Trinajstić information content (AvgIpc) is 3.19. The van der Waals surface area contributed by atoms with Gasteiger partial charge in [-0.15, -0.1) is 11.8 Å². The highest BCUT2D eigenvalue weighted by molar-refractivity contribution is 8.01. The molecule has 1 aromatic heterocycles. The zero-order valence-electron chi connectivity index (χ0n) is 20.2. The molecule has 0 unspecified atom stereocenters. The number of carboxylic acids is 1. The maximum Gasteiger partial charge on any atom is 0.414 e. The molecule has 0 spiro atoms. The van der Waals surface area contributed by atoms with E-state index in [0.29, 0.717) is 15.6 Å². The minimum Gasteiger partial charge on any atom is -0.480 e. The number of thioether (sulfide) groups is 1. The molecule has 0 bridgehead atoms. The van der Waals surface area contributed by atoms with Crippen LogP contribution in [0.5, 0.6) is 5.75 Å². The lowest BCUT2D eigenvalue weighted by Crippen LogP contribution is -2.55. The second-order valence-electron chi connectivity index (χ2n) is 9.01. The summed E-state index contributed by atoms with van der Waals surface area (Å²) in [5, 5.41) is 12.2. The van der Waals surface area contributed by atoms with Gasteiger partial charge in [-0.05, 0) is 43.7 Å². The van der Waals surface area contributed by atoms with Gasteiger partial charge < -0.3 is 14.7 Å². The third-order valence-electron chi connectivity index (χ3n) is 5.26. The number of hydrogen-bond donors (Lipinski definition) is 2. The quantitative estimate of drug-likeness (QED) is 0.512. The van der Waals surface area contributed by atoms with Crippen LogP contribution in [0.25, 0.3) is 0 Å². The standard InChI is InChI=1S/C23H28N4O7S2/c1-23(2)14-35-19(25-23)20(28)27(36(32,33)17-6-5-11-24-13-17)18(21(29)30)12-15-7-9-16(10-8-15)34-22(31)26(3)4/h5-11,13,18-19,25H,12,14H2,1-4H3,(H,29,30)/t18-,19-/m0/s1. The van der Waals surface area contributed by atoms with Crippen LogP contribution in [0, 0.1) is 0 Å². The molecule has 0 saturated carbocycles. The second-order valence-corrected chi connectivity index (χ2v) is 11.9. The summed E-state index contributed by atoms with van der Waals surface area (Å²) in [6.07, 6.45) is 1.56. The number of carbonyl (C=O) groups is 3. The molecule has 2 heterocycles. The van der Waals surface area contributed by atoms with Crippen molar-refractivity contribution in [2.45, 2.75) is 42.1 Å². The van der Waals surface area contributed by atoms with Crippen LogP contribution in [-0.2, 0) is 26.0 Å². The molecule has 2 atom stereocenters. The molecule has 11 nitrogen and oxygen atoms in total. The summed E-state index contributed by atoms with van der Waals surface area (Å²) in [5.74, 6) is -1.59. The Morgan fingerprint density at radius 1 is 1.22 bits per heavy atom. The molecule has 1 aliphatic heterocycles. The van der Waals surface area contributed by atoms with Crippen molar-refractivity contribution in [3.05, 3.63) is 54.4 Å². The Morgan fingerprint density at radius 2 is 1.89 bits per heavy atom. The third kappa shape index (κ3) is 6.33. The zero-order chi connectivity index (χ0) is 26.7. The number of carboxylic acid groups (broad SMARTS) is 1. The Balaban J connectivity index is 1.97. The van der Waals surface area contributed by atoms with Crippen LogP contribution >= 0.6 is 11.8 Å². The topological polar surface area (TPSA) is 146 Å². The molecule has 2 N–H and O–H groups in total. The van der Waals surface area contributed by atoms with Crippen molar-refractivity contribution in [2.75, 3.05) is 19.8 Å². The van der Waals surface area contributed by atoms with Crippen molar-refractivity contribution in [2.24, 2.45) is 0 Å². The number of sulfonamides is 1. The molecular weight excluding hydrogens is 508 g/mol. The summed E-state index contributed by atoms with van der Waals surface area (Å²) in [6, 6.07) is 6.88. The number of nitrogens with one attached hydrogen (secondary N) is 1. The van der Waals surface area contributed by atoms with E-state index in [1.54, 1.807) is 0 Å². The van der Waals surface area contributed by atoms with Crippen LogP contribution in [-0.4, -0.2) is 82.5 Å². The van der Waals surface area contributed by atoms with Gasteiger partial charge in [0.15, 0.2) is 0 Å². The van der Waals surface area contributed by atoms with E-state index in [1.165, 1.54) is 73.4 Å². The molecule has 1 aromatic carbocycles. The van der Waals surface area contributed by atoms with Crippen LogP contribution in [0.3, 0.4) is 0 Å². The lowest BCUT2D eigenvalue weighted by Gasteiger charge is -2.31. The van der Waals surface area contributed by atoms with E-state index in [2.05, 4.69) is 10.3 Å². The van der Waals surface area contributed by atoms with Gasteiger partial charge in [0.2, 0.25) is 0 Å². The molecular formula is C23H28N4O7S2. The van der Waals surface area contributed by atoms with Crippen molar-refractivity contribution >= 4 is 39.8 Å². The molecule has 1 saturated heterocycles. The maximum absolute atomic E-state index is 13.6. The van der Waals surface area contributed by atoms with Gasteiger partial charge in [-0.3, -0.25) is 15.1 Å². The first-order valence-corrected chi connectivity index (χ1v) is 13.4. The van der Waals surface area contributed by atoms with Gasteiger partial charge in [-0.25, -0.2) is 22.3 Å². The van der Waals surface area contributed by atoms with Crippen molar-refractivity contribution in [1.29, 1.82) is 0 Å². The summed E-state index contributed by atoms with van der Waals surface area (Å²) >= 11 is 1.21. The number of ether oxygens (including phenoxy) is 1. The van der Waals surface area contributed by atoms with Crippen LogP contribution in [0.1, 0.15) is 19.4 Å². The van der Waals surface area contributed by atoms with Gasteiger partial charge in [0.1, 0.15) is 22.1 Å². The summed E-state index contributed by atoms with van der Waals surface area (Å²) < 4.78 is 32.7. The summed E-state index contributed by atoms with van der Waals surface area (Å²) in [6.45, 7) is 3.74. The minimum atomic E-state index is -4.56. The summed E-state index contributed by atoms with van der Waals surface area (Å²) in [4.78, 5) is 42.4. The molecule has 1 aliphatic rings. The van der Waals surface area contributed by atoms with Gasteiger partial charge in [-0.2, -0.15) is 0 Å². The van der Waals surface area contributed by atoms with E-state index >= 15 is 0 Å². The molecule has 194 valence electrons. The maximum atomic E-state index is 13.6. The molecule has 2 aromatic rings. The number of benzene rings is 1. The Bertz CT molecular complexity index is 1220. The Morgan fingerprint density at radius 3 is 2.39 bits per heavy atom. The molecule has 3 rings (SSSR count). The van der Waals surface area contributed by atoms with E-state index in [4.69, 9.17) is 4.74 Å². The van der Waals surface area contributed by atoms with E-state index < -0.39 is 44.9 Å². The van der Waals surface area contributed by atoms with Crippen molar-refractivity contribution in [1.82, 2.24) is 19.5 Å². The molecule has 0 radical (unpaired) electrons. The van der Waals surface area contributed by atoms with Crippen LogP contribution < -0.4 is 10.1 Å². The first-order valence-electron chi connectivity index (χ1n) is 10.9. The second kappa shape index (κ2) is 10.8. The van der Waals surface area contributed by atoms with Crippen molar-refractivity contribution in [3.8, 4) is 5.75 Å². The molecule has 13 heteroatoms. The van der Waals surface area contributed by atoms with E-state index in [9.17, 15) is 27.9 Å². The highest BCUT2D eigenvalue weighted by Crippen LogP contribution is 2.31. The Labute approximate surface area is 213 Å². The Kier molecular flexibility index (Phi) is 8.26. The lowest BCUT2D eigenvalue weighted by molar-refractivity contribution is -0.146. The van der Waals surface area contributed by atoms with Gasteiger partial charge in [0.05, 0.1) is 0 Å². The molecule has 2 amide bonds. The van der Waals surface area contributed by atoms with E-state index in [-0.39, 0.29) is 17.1 Å². The highest BCUT2D eigenvalue weighted by atomic mass is 32.2. The SMILES string of the molecule is CN(C)C(=O)Oc1ccc(C[C@@H](C(=O)O)N(C(=O)[C@H]2NC(C)(C)CS2)S(=O)(=O)c2cccnc2)cc1. The van der Waals surface area contributed by atoms with Gasteiger partial charge in [-0.1, -0.05) is 12.1 Å². The van der Waals surface area contributed by atoms with Crippen LogP contribution in [0.2, 0.25) is 0 Å². The lowest BCUT2D eigenvalue weighted by atomic mass is 10.1. The fraction of sp³-hybridized carbons (Fsp3) is 0.391. The minimum absolute atomic E-state index is 0.231. The van der Waals surface area contributed by atoms with Crippen LogP contribution in [0.4, 0.5) is 4.79 Å². The predicted octanol–water partition coefficient (Wildman–Crippen LogP) is 1.80. The first kappa shape index (κ1) is 27.4. The van der Waals surface area contributed by atoms with Crippen molar-refractivity contribution < 1.29 is 32.6 Å². The Hall–Kier alpha value is -3.16. The highest BCUT2D eigenvalue weighted by Gasteiger charge is 2.46. The number of aliphatic carboxylic acids is 1. The van der Waals surface area contributed by atoms with Crippen LogP contribution in [0.15, 0.2) is 53.7 Å². The van der Waals surface area contributed by atoms with E-state index in [0.717, 1.165) is 6.20 Å². The largest absolute Gasteiger partial charge is 0.480 e. The fourth-order valence-electron chi connectivity index (χ4n) is 3.41. The molecule has 36 heavy (non-hydrogen) atoms. The molecule has 1 fully saturated rings. The first-order chi connectivity index (χ1) is 16.8. The third-order valence-corrected chi connectivity index (χ3v) is 8.59. The zero-order valence-corrected chi connectivity index (χ0v) is 21.9. The molecule has 0 aliphatic carbocycles. The summed E-state index contributed by atoms with van der Waals surface area (Å²) in [7, 11) is -1.50.